The molecule has 0 saturated carbocycles. The third kappa shape index (κ3) is 4.97. The average molecular weight is 482 g/mol. The van der Waals surface area contributed by atoms with Gasteiger partial charge >= 0.3 is 0 Å². The number of hydrogen-bond acceptors (Lipinski definition) is 7. The standard InChI is InChI=1S/C24H27N5O4S/c1-33-20-4-2-16-3-5-21(12-17(16)11-20)34(31,32)14-28-22-6-7-29(24(22)30)13-15-8-18(23(26)27)10-19(25)9-15/h2-5,8-12,22,28H,6-7,13-14,25H2,1H3,(H3,26,27)/t22-/m0/s1. The number of hydrogen-bond donors (Lipinski definition) is 4. The highest BCUT2D eigenvalue weighted by molar-refractivity contribution is 7.91. The summed E-state index contributed by atoms with van der Waals surface area (Å²) >= 11 is 0. The summed E-state index contributed by atoms with van der Waals surface area (Å²) in [6, 6.07) is 14.9. The van der Waals surface area contributed by atoms with Gasteiger partial charge in [-0.2, -0.15) is 0 Å². The fraction of sp³-hybridized carbons (Fsp3) is 0.250. The molecule has 1 saturated heterocycles. The number of anilines is 1. The number of sulfone groups is 1. The molecule has 1 aliphatic rings. The lowest BCUT2D eigenvalue weighted by molar-refractivity contribution is -0.129. The molecule has 1 fully saturated rings. The lowest BCUT2D eigenvalue weighted by Crippen LogP contribution is -2.40. The first-order valence-corrected chi connectivity index (χ1v) is 12.4. The highest BCUT2D eigenvalue weighted by atomic mass is 32.2. The van der Waals surface area contributed by atoms with Gasteiger partial charge in [-0.3, -0.25) is 15.5 Å². The second kappa shape index (κ2) is 9.32. The van der Waals surface area contributed by atoms with Gasteiger partial charge in [0.05, 0.1) is 18.0 Å². The molecule has 1 atom stereocenters. The van der Waals surface area contributed by atoms with E-state index in [4.69, 9.17) is 21.6 Å². The Hall–Kier alpha value is -3.63. The van der Waals surface area contributed by atoms with Crippen molar-refractivity contribution in [3.8, 4) is 5.75 Å². The molecule has 9 nitrogen and oxygen atoms in total. The Morgan fingerprint density at radius 2 is 1.91 bits per heavy atom. The van der Waals surface area contributed by atoms with E-state index in [2.05, 4.69) is 5.32 Å². The van der Waals surface area contributed by atoms with E-state index < -0.39 is 15.9 Å². The summed E-state index contributed by atoms with van der Waals surface area (Å²) in [5.74, 6) is 0.0234. The summed E-state index contributed by atoms with van der Waals surface area (Å²) in [7, 11) is -2.10. The van der Waals surface area contributed by atoms with Gasteiger partial charge in [-0.05, 0) is 65.2 Å². The lowest BCUT2D eigenvalue weighted by Gasteiger charge is -2.18. The van der Waals surface area contributed by atoms with E-state index in [9.17, 15) is 13.2 Å². The number of benzene rings is 3. The number of nitrogens with one attached hydrogen (secondary N) is 2. The third-order valence-electron chi connectivity index (χ3n) is 5.89. The maximum absolute atomic E-state index is 12.9. The van der Waals surface area contributed by atoms with Gasteiger partial charge in [-0.25, -0.2) is 8.42 Å². The van der Waals surface area contributed by atoms with E-state index >= 15 is 0 Å². The molecule has 4 rings (SSSR count). The summed E-state index contributed by atoms with van der Waals surface area (Å²) in [6.07, 6.45) is 0.491. The molecule has 0 bridgehead atoms. The molecular weight excluding hydrogens is 454 g/mol. The van der Waals surface area contributed by atoms with Crippen LogP contribution in [0, 0.1) is 5.41 Å². The first-order valence-electron chi connectivity index (χ1n) is 10.7. The van der Waals surface area contributed by atoms with Crippen LogP contribution in [-0.4, -0.2) is 50.6 Å². The Kier molecular flexibility index (Phi) is 6.45. The third-order valence-corrected chi connectivity index (χ3v) is 7.41. The topological polar surface area (TPSA) is 152 Å². The number of amides is 1. The quantitative estimate of drug-likeness (QED) is 0.218. The van der Waals surface area contributed by atoms with Gasteiger partial charge in [0.2, 0.25) is 5.91 Å². The number of rotatable bonds is 8. The van der Waals surface area contributed by atoms with E-state index in [0.29, 0.717) is 36.5 Å². The molecule has 178 valence electrons. The molecule has 10 heteroatoms. The Bertz CT molecular complexity index is 1370. The molecule has 0 spiro atoms. The molecule has 0 radical (unpaired) electrons. The van der Waals surface area contributed by atoms with Crippen LogP contribution in [0.25, 0.3) is 10.8 Å². The van der Waals surface area contributed by atoms with Gasteiger partial charge in [0.25, 0.3) is 0 Å². The minimum absolute atomic E-state index is 0.0989. The normalized spacial score (nSPS) is 16.2. The van der Waals surface area contributed by atoms with Gasteiger partial charge < -0.3 is 21.1 Å². The number of nitrogens with zero attached hydrogens (tertiary/aromatic N) is 1. The van der Waals surface area contributed by atoms with E-state index in [0.717, 1.165) is 16.3 Å². The number of amidine groups is 1. The minimum atomic E-state index is -3.66. The maximum Gasteiger partial charge on any atom is 0.240 e. The van der Waals surface area contributed by atoms with Crippen molar-refractivity contribution in [2.24, 2.45) is 5.73 Å². The van der Waals surface area contributed by atoms with Gasteiger partial charge in [-0.15, -0.1) is 0 Å². The van der Waals surface area contributed by atoms with E-state index in [1.165, 1.54) is 0 Å². The van der Waals surface area contributed by atoms with Gasteiger partial charge in [-0.1, -0.05) is 12.1 Å². The van der Waals surface area contributed by atoms with Crippen LogP contribution in [0.15, 0.2) is 59.5 Å². The molecule has 0 aromatic heterocycles. The molecule has 0 unspecified atom stereocenters. The summed E-state index contributed by atoms with van der Waals surface area (Å²) in [4.78, 5) is 14.7. The SMILES string of the molecule is COc1ccc2ccc(S(=O)(=O)CN[C@H]3CCN(Cc4cc(N)cc(C(=N)N)c4)C3=O)cc2c1. The van der Waals surface area contributed by atoms with Crippen LogP contribution in [0.3, 0.4) is 0 Å². The summed E-state index contributed by atoms with van der Waals surface area (Å²) in [6.45, 7) is 0.790. The highest BCUT2D eigenvalue weighted by Crippen LogP contribution is 2.24. The average Bonchev–Trinajstić information content (AvgIpc) is 3.15. The Labute approximate surface area is 198 Å². The fourth-order valence-corrected chi connectivity index (χ4v) is 5.26. The largest absolute Gasteiger partial charge is 0.497 e. The first kappa shape index (κ1) is 23.5. The van der Waals surface area contributed by atoms with Crippen molar-refractivity contribution in [3.63, 3.8) is 0 Å². The maximum atomic E-state index is 12.9. The fourth-order valence-electron chi connectivity index (χ4n) is 4.09. The number of fused-ring (bicyclic) bond motifs is 1. The van der Waals surface area contributed by atoms with Crippen LogP contribution in [0.2, 0.25) is 0 Å². The lowest BCUT2D eigenvalue weighted by atomic mass is 10.1. The van der Waals surface area contributed by atoms with Crippen molar-refractivity contribution in [3.05, 3.63) is 65.7 Å². The van der Waals surface area contributed by atoms with Gasteiger partial charge in [0.1, 0.15) is 17.5 Å². The van der Waals surface area contributed by atoms with Crippen molar-refractivity contribution >= 4 is 38.0 Å². The number of nitrogens with two attached hydrogens (primary N) is 2. The van der Waals surface area contributed by atoms with E-state index in [1.54, 1.807) is 54.5 Å². The number of nitrogen functional groups attached to an aromatic ring is 2. The summed E-state index contributed by atoms with van der Waals surface area (Å²) in [5, 5.41) is 12.2. The molecule has 6 N–H and O–H groups in total. The molecule has 0 aliphatic carbocycles. The Morgan fingerprint density at radius 1 is 1.15 bits per heavy atom. The minimum Gasteiger partial charge on any atom is -0.497 e. The van der Waals surface area contributed by atoms with Crippen molar-refractivity contribution in [1.82, 2.24) is 10.2 Å². The zero-order chi connectivity index (χ0) is 24.5. The Balaban J connectivity index is 1.42. The van der Waals surface area contributed by atoms with Gasteiger partial charge in [0, 0.05) is 24.3 Å². The molecule has 3 aromatic rings. The monoisotopic (exact) mass is 481 g/mol. The van der Waals surface area contributed by atoms with Crippen molar-refractivity contribution in [2.45, 2.75) is 23.9 Å². The van der Waals surface area contributed by atoms with E-state index in [1.807, 2.05) is 12.1 Å². The van der Waals surface area contributed by atoms with E-state index in [-0.39, 0.29) is 22.5 Å². The number of ether oxygens (including phenoxy) is 1. The number of likely N-dealkylation sites (tertiary alicyclic amines) is 1. The molecule has 1 amide bonds. The molecule has 1 heterocycles. The number of methoxy groups -OCH3 is 1. The summed E-state index contributed by atoms with van der Waals surface area (Å²) in [5.41, 5.74) is 13.2. The molecule has 3 aromatic carbocycles. The summed E-state index contributed by atoms with van der Waals surface area (Å²) < 4.78 is 31.1. The zero-order valence-electron chi connectivity index (χ0n) is 18.7. The predicted molar refractivity (Wildman–Crippen MR) is 131 cm³/mol. The highest BCUT2D eigenvalue weighted by Gasteiger charge is 2.32. The molecule has 34 heavy (non-hydrogen) atoms. The van der Waals surface area contributed by atoms with Crippen LogP contribution in [-0.2, 0) is 21.2 Å². The Morgan fingerprint density at radius 3 is 2.65 bits per heavy atom. The van der Waals surface area contributed by atoms with Crippen LogP contribution in [0.1, 0.15) is 17.5 Å². The van der Waals surface area contributed by atoms with Gasteiger partial charge in [0.15, 0.2) is 9.84 Å². The van der Waals surface area contributed by atoms with Crippen LogP contribution in [0.5, 0.6) is 5.75 Å². The van der Waals surface area contributed by atoms with Crippen LogP contribution < -0.4 is 21.5 Å². The van der Waals surface area contributed by atoms with Crippen molar-refractivity contribution in [1.29, 1.82) is 5.41 Å². The smallest absolute Gasteiger partial charge is 0.240 e. The molecule has 1 aliphatic heterocycles. The second-order valence-electron chi connectivity index (χ2n) is 8.32. The van der Waals surface area contributed by atoms with Crippen molar-refractivity contribution in [2.75, 3.05) is 25.3 Å². The van der Waals surface area contributed by atoms with Crippen LogP contribution in [0.4, 0.5) is 5.69 Å². The number of carbonyl (C=O) groups is 1. The predicted octanol–water partition coefficient (Wildman–Crippen LogP) is 1.84. The zero-order valence-corrected chi connectivity index (χ0v) is 19.6. The number of carbonyl (C=O) groups excluding carboxylic acids is 1. The van der Waals surface area contributed by atoms with Crippen molar-refractivity contribution < 1.29 is 17.9 Å². The second-order valence-corrected chi connectivity index (χ2v) is 10.3. The first-order chi connectivity index (χ1) is 16.2. The molecular formula is C24H27N5O4S. The van der Waals surface area contributed by atoms with Crippen LogP contribution >= 0.6 is 0 Å².